The van der Waals surface area contributed by atoms with Crippen molar-refractivity contribution in [2.24, 2.45) is 4.99 Å². The van der Waals surface area contributed by atoms with E-state index >= 15 is 0 Å². The molecule has 1 unspecified atom stereocenters. The van der Waals surface area contributed by atoms with Gasteiger partial charge in [0.25, 0.3) is 5.91 Å². The molecule has 22 heavy (non-hydrogen) atoms. The molecule has 0 bridgehead atoms. The number of aliphatic imine (C=N–C) groups is 1. The number of amides is 1. The number of hydrogen-bond donors (Lipinski definition) is 1. The number of thioether (sulfide) groups is 1. The van der Waals surface area contributed by atoms with E-state index in [1.54, 1.807) is 11.8 Å². The van der Waals surface area contributed by atoms with Crippen molar-refractivity contribution in [2.75, 3.05) is 0 Å². The molecule has 1 aliphatic heterocycles. The topological polar surface area (TPSA) is 45.2 Å². The second-order valence-corrected chi connectivity index (χ2v) is 6.49. The van der Waals surface area contributed by atoms with E-state index in [-0.39, 0.29) is 11.2 Å². The number of fused-ring (bicyclic) bond motifs is 1. The van der Waals surface area contributed by atoms with Crippen molar-refractivity contribution in [2.45, 2.75) is 11.7 Å². The minimum atomic E-state index is -0.194. The molecule has 1 N–H and O–H groups in total. The van der Waals surface area contributed by atoms with Gasteiger partial charge in [-0.15, -0.1) is 0 Å². The van der Waals surface area contributed by atoms with Crippen LogP contribution in [-0.2, 0) is 11.2 Å². The predicted molar refractivity (Wildman–Crippen MR) is 91.2 cm³/mol. The summed E-state index contributed by atoms with van der Waals surface area (Å²) in [7, 11) is 0. The summed E-state index contributed by atoms with van der Waals surface area (Å²) in [5.74, 6) is -0.0534. The quantitative estimate of drug-likeness (QED) is 0.791. The SMILES string of the molecule is O=C1N=C(Cc2cc3ccccc3[nH]2)SC1c1ccccc1. The molecular weight excluding hydrogens is 292 g/mol. The number of rotatable bonds is 3. The number of aromatic nitrogens is 1. The lowest BCUT2D eigenvalue weighted by Crippen LogP contribution is -2.00. The Hall–Kier alpha value is -2.33. The van der Waals surface area contributed by atoms with Gasteiger partial charge in [0.1, 0.15) is 5.25 Å². The second-order valence-electron chi connectivity index (χ2n) is 5.31. The van der Waals surface area contributed by atoms with E-state index in [2.05, 4.69) is 28.2 Å². The minimum absolute atomic E-state index is 0.0534. The smallest absolute Gasteiger partial charge is 0.264 e. The lowest BCUT2D eigenvalue weighted by molar-refractivity contribution is -0.117. The third kappa shape index (κ3) is 2.46. The van der Waals surface area contributed by atoms with E-state index in [1.165, 1.54) is 5.39 Å². The summed E-state index contributed by atoms with van der Waals surface area (Å²) < 4.78 is 0. The van der Waals surface area contributed by atoms with Crippen molar-refractivity contribution in [3.63, 3.8) is 0 Å². The van der Waals surface area contributed by atoms with Gasteiger partial charge < -0.3 is 4.98 Å². The number of H-pyrrole nitrogens is 1. The Morgan fingerprint density at radius 3 is 2.64 bits per heavy atom. The van der Waals surface area contributed by atoms with Gasteiger partial charge in [0.2, 0.25) is 0 Å². The van der Waals surface area contributed by atoms with Crippen LogP contribution in [0.5, 0.6) is 0 Å². The summed E-state index contributed by atoms with van der Waals surface area (Å²) >= 11 is 1.56. The molecule has 108 valence electrons. The summed E-state index contributed by atoms with van der Waals surface area (Å²) in [6.45, 7) is 0. The number of para-hydroxylation sites is 1. The fourth-order valence-corrected chi connectivity index (χ4v) is 3.81. The summed E-state index contributed by atoms with van der Waals surface area (Å²) in [5.41, 5.74) is 3.23. The molecule has 4 rings (SSSR count). The van der Waals surface area contributed by atoms with Crippen LogP contribution in [0.2, 0.25) is 0 Å². The Bertz CT molecular complexity index is 834. The molecule has 2 heterocycles. The highest BCUT2D eigenvalue weighted by Crippen LogP contribution is 2.37. The maximum atomic E-state index is 12.1. The van der Waals surface area contributed by atoms with E-state index in [0.29, 0.717) is 6.42 Å². The summed E-state index contributed by atoms with van der Waals surface area (Å²) in [6, 6.07) is 20.1. The van der Waals surface area contributed by atoms with Crippen LogP contribution in [0.15, 0.2) is 65.7 Å². The van der Waals surface area contributed by atoms with Crippen LogP contribution in [-0.4, -0.2) is 15.9 Å². The fraction of sp³-hybridized carbons (Fsp3) is 0.111. The van der Waals surface area contributed by atoms with Crippen LogP contribution in [0, 0.1) is 0 Å². The van der Waals surface area contributed by atoms with Crippen LogP contribution in [0.25, 0.3) is 10.9 Å². The zero-order valence-corrected chi connectivity index (χ0v) is 12.6. The third-order valence-electron chi connectivity index (χ3n) is 3.74. The summed E-state index contributed by atoms with van der Waals surface area (Å²) in [6.07, 6.45) is 0.675. The fourth-order valence-electron chi connectivity index (χ4n) is 2.71. The van der Waals surface area contributed by atoms with Crippen molar-refractivity contribution in [3.05, 3.63) is 71.9 Å². The highest BCUT2D eigenvalue weighted by molar-refractivity contribution is 8.15. The molecule has 1 atom stereocenters. The van der Waals surface area contributed by atoms with Gasteiger partial charge in [0.15, 0.2) is 0 Å². The first-order chi connectivity index (χ1) is 10.8. The average Bonchev–Trinajstić information content (AvgIpc) is 3.11. The van der Waals surface area contributed by atoms with Crippen LogP contribution in [0.3, 0.4) is 0 Å². The molecule has 2 aromatic carbocycles. The van der Waals surface area contributed by atoms with Gasteiger partial charge in [-0.25, -0.2) is 4.99 Å². The van der Waals surface area contributed by atoms with Gasteiger partial charge in [-0.2, -0.15) is 0 Å². The van der Waals surface area contributed by atoms with Crippen molar-refractivity contribution >= 4 is 33.6 Å². The first-order valence-corrected chi connectivity index (χ1v) is 8.07. The molecule has 1 amide bonds. The van der Waals surface area contributed by atoms with Crippen LogP contribution in [0.1, 0.15) is 16.5 Å². The highest BCUT2D eigenvalue weighted by atomic mass is 32.2. The Kier molecular flexibility index (Phi) is 3.31. The highest BCUT2D eigenvalue weighted by Gasteiger charge is 2.29. The second kappa shape index (κ2) is 5.46. The molecule has 0 radical (unpaired) electrons. The van der Waals surface area contributed by atoms with E-state index in [1.807, 2.05) is 42.5 Å². The Morgan fingerprint density at radius 1 is 1.05 bits per heavy atom. The zero-order chi connectivity index (χ0) is 14.9. The number of benzene rings is 2. The molecule has 0 spiro atoms. The Labute approximate surface area is 132 Å². The van der Waals surface area contributed by atoms with E-state index < -0.39 is 0 Å². The van der Waals surface area contributed by atoms with E-state index in [0.717, 1.165) is 21.8 Å². The molecule has 3 nitrogen and oxygen atoms in total. The molecular formula is C18H14N2OS. The first-order valence-electron chi connectivity index (χ1n) is 7.19. The number of nitrogens with zero attached hydrogens (tertiary/aromatic N) is 1. The molecule has 0 fully saturated rings. The van der Waals surface area contributed by atoms with Crippen molar-refractivity contribution in [1.82, 2.24) is 4.98 Å². The van der Waals surface area contributed by atoms with Crippen molar-refractivity contribution < 1.29 is 4.79 Å². The van der Waals surface area contributed by atoms with E-state index in [9.17, 15) is 4.79 Å². The van der Waals surface area contributed by atoms with Crippen LogP contribution in [0.4, 0.5) is 0 Å². The summed E-state index contributed by atoms with van der Waals surface area (Å²) in [4.78, 5) is 19.7. The number of aromatic amines is 1. The molecule has 1 aliphatic rings. The molecule has 0 aliphatic carbocycles. The van der Waals surface area contributed by atoms with Gasteiger partial charge in [-0.1, -0.05) is 60.3 Å². The maximum Gasteiger partial charge on any atom is 0.264 e. The van der Waals surface area contributed by atoms with Gasteiger partial charge in [0, 0.05) is 17.6 Å². The monoisotopic (exact) mass is 306 g/mol. The molecule has 0 saturated carbocycles. The standard InChI is InChI=1S/C18H14N2OS/c21-18-17(12-6-2-1-3-7-12)22-16(20-18)11-14-10-13-8-4-5-9-15(13)19-14/h1-10,17,19H,11H2. The average molecular weight is 306 g/mol. The number of carbonyl (C=O) groups excluding carboxylic acids is 1. The van der Waals surface area contributed by atoms with Gasteiger partial charge in [0.05, 0.1) is 5.04 Å². The predicted octanol–water partition coefficient (Wildman–Crippen LogP) is 4.12. The summed E-state index contributed by atoms with van der Waals surface area (Å²) in [5, 5.41) is 1.87. The van der Waals surface area contributed by atoms with Crippen LogP contribution >= 0.6 is 11.8 Å². The van der Waals surface area contributed by atoms with Gasteiger partial charge >= 0.3 is 0 Å². The molecule has 1 aromatic heterocycles. The zero-order valence-electron chi connectivity index (χ0n) is 11.8. The normalized spacial score (nSPS) is 17.9. The first kappa shape index (κ1) is 13.3. The molecule has 0 saturated heterocycles. The van der Waals surface area contributed by atoms with Crippen LogP contribution < -0.4 is 0 Å². The largest absolute Gasteiger partial charge is 0.358 e. The van der Waals surface area contributed by atoms with Gasteiger partial charge in [-0.3, -0.25) is 4.79 Å². The van der Waals surface area contributed by atoms with Crippen molar-refractivity contribution in [1.29, 1.82) is 0 Å². The number of nitrogens with one attached hydrogen (secondary N) is 1. The minimum Gasteiger partial charge on any atom is -0.358 e. The molecule has 3 aromatic rings. The van der Waals surface area contributed by atoms with Crippen molar-refractivity contribution in [3.8, 4) is 0 Å². The lowest BCUT2D eigenvalue weighted by Gasteiger charge is -2.06. The maximum absolute atomic E-state index is 12.1. The Balaban J connectivity index is 1.54. The van der Waals surface area contributed by atoms with Gasteiger partial charge in [-0.05, 0) is 23.1 Å². The third-order valence-corrected chi connectivity index (χ3v) is 4.96. The lowest BCUT2D eigenvalue weighted by atomic mass is 10.1. The number of carbonyl (C=O) groups is 1. The number of hydrogen-bond acceptors (Lipinski definition) is 2. The molecule has 4 heteroatoms. The van der Waals surface area contributed by atoms with E-state index in [4.69, 9.17) is 0 Å². The Morgan fingerprint density at radius 2 is 1.82 bits per heavy atom.